The van der Waals surface area contributed by atoms with Crippen LogP contribution in [0.3, 0.4) is 0 Å². The SMILES string of the molecule is CC1=C(Br)CCN(Cc2ccccc2)C1.CC1=C(Br)CCN(Cc2ccccc2)C1. The summed E-state index contributed by atoms with van der Waals surface area (Å²) in [7, 11) is 0. The molecule has 0 bridgehead atoms. The van der Waals surface area contributed by atoms with Crippen molar-refractivity contribution in [1.29, 1.82) is 0 Å². The molecule has 0 aromatic heterocycles. The van der Waals surface area contributed by atoms with Gasteiger partial charge in [-0.05, 0) is 57.9 Å². The van der Waals surface area contributed by atoms with Crippen molar-refractivity contribution in [3.63, 3.8) is 0 Å². The fraction of sp³-hybridized carbons (Fsp3) is 0.385. The van der Waals surface area contributed by atoms with Crippen LogP contribution in [-0.2, 0) is 13.1 Å². The van der Waals surface area contributed by atoms with Crippen LogP contribution in [0.5, 0.6) is 0 Å². The highest BCUT2D eigenvalue weighted by Gasteiger charge is 2.15. The third kappa shape index (κ3) is 7.49. The van der Waals surface area contributed by atoms with Gasteiger partial charge in [-0.25, -0.2) is 0 Å². The molecule has 2 aliphatic heterocycles. The first kappa shape index (κ1) is 23.5. The average molecular weight is 532 g/mol. The first-order valence-electron chi connectivity index (χ1n) is 10.7. The molecule has 2 nitrogen and oxygen atoms in total. The lowest BCUT2D eigenvalue weighted by molar-refractivity contribution is 0.281. The Morgan fingerprint density at radius 3 is 1.33 bits per heavy atom. The van der Waals surface area contributed by atoms with E-state index in [9.17, 15) is 0 Å². The summed E-state index contributed by atoms with van der Waals surface area (Å²) in [5, 5.41) is 0. The normalized spacial score (nSPS) is 18.3. The van der Waals surface area contributed by atoms with Crippen molar-refractivity contribution in [2.45, 2.75) is 39.8 Å². The maximum Gasteiger partial charge on any atom is 0.0237 e. The van der Waals surface area contributed by atoms with E-state index in [1.165, 1.54) is 31.2 Å². The molecule has 2 aliphatic rings. The molecule has 0 spiro atoms. The quantitative estimate of drug-likeness (QED) is 0.414. The van der Waals surface area contributed by atoms with Crippen molar-refractivity contribution in [2.75, 3.05) is 26.2 Å². The van der Waals surface area contributed by atoms with Gasteiger partial charge in [0.2, 0.25) is 0 Å². The zero-order valence-electron chi connectivity index (χ0n) is 18.1. The standard InChI is InChI=1S/2C13H16BrN/c2*1-11-9-15(8-7-13(11)14)10-12-5-3-2-4-6-12/h2*2-6H,7-10H2,1H3. The molecule has 4 rings (SSSR count). The summed E-state index contributed by atoms with van der Waals surface area (Å²) >= 11 is 7.24. The third-order valence-electron chi connectivity index (χ3n) is 5.64. The molecular formula is C26H32Br2N2. The third-order valence-corrected chi connectivity index (χ3v) is 7.79. The van der Waals surface area contributed by atoms with Crippen LogP contribution in [0.1, 0.15) is 37.8 Å². The number of hydrogen-bond acceptors (Lipinski definition) is 2. The number of rotatable bonds is 4. The highest BCUT2D eigenvalue weighted by molar-refractivity contribution is 9.12. The van der Waals surface area contributed by atoms with Crippen LogP contribution in [0, 0.1) is 0 Å². The lowest BCUT2D eigenvalue weighted by atomic mass is 10.1. The molecule has 0 unspecified atom stereocenters. The van der Waals surface area contributed by atoms with Gasteiger partial charge in [0.1, 0.15) is 0 Å². The van der Waals surface area contributed by atoms with E-state index < -0.39 is 0 Å². The molecule has 4 heteroatoms. The molecule has 0 N–H and O–H groups in total. The molecule has 0 amide bonds. The van der Waals surface area contributed by atoms with E-state index in [1.54, 1.807) is 0 Å². The van der Waals surface area contributed by atoms with Gasteiger partial charge in [0.05, 0.1) is 0 Å². The molecular weight excluding hydrogens is 500 g/mol. The maximum atomic E-state index is 3.62. The number of benzene rings is 2. The van der Waals surface area contributed by atoms with Crippen LogP contribution < -0.4 is 0 Å². The van der Waals surface area contributed by atoms with Crippen LogP contribution in [0.4, 0.5) is 0 Å². The average Bonchev–Trinajstić information content (AvgIpc) is 2.75. The second kappa shape index (κ2) is 12.0. The zero-order chi connectivity index (χ0) is 21.3. The van der Waals surface area contributed by atoms with Crippen molar-refractivity contribution in [3.8, 4) is 0 Å². The zero-order valence-corrected chi connectivity index (χ0v) is 21.3. The largest absolute Gasteiger partial charge is 0.295 e. The molecule has 0 radical (unpaired) electrons. The summed E-state index contributed by atoms with van der Waals surface area (Å²) in [6.45, 7) is 11.1. The Morgan fingerprint density at radius 2 is 1.00 bits per heavy atom. The summed E-state index contributed by atoms with van der Waals surface area (Å²) in [5.41, 5.74) is 5.75. The van der Waals surface area contributed by atoms with E-state index in [2.05, 4.69) is 116 Å². The lowest BCUT2D eigenvalue weighted by Gasteiger charge is -2.27. The van der Waals surface area contributed by atoms with E-state index in [0.717, 1.165) is 52.1 Å². The Hall–Kier alpha value is -1.20. The predicted octanol–water partition coefficient (Wildman–Crippen LogP) is 7.12. The Balaban J connectivity index is 0.000000171. The molecule has 2 aromatic carbocycles. The van der Waals surface area contributed by atoms with Crippen LogP contribution in [0.25, 0.3) is 0 Å². The van der Waals surface area contributed by atoms with Gasteiger partial charge in [0.25, 0.3) is 0 Å². The smallest absolute Gasteiger partial charge is 0.0237 e. The molecule has 0 saturated heterocycles. The summed E-state index contributed by atoms with van der Waals surface area (Å²) < 4.78 is 2.79. The van der Waals surface area contributed by atoms with Gasteiger partial charge in [0.15, 0.2) is 0 Å². The van der Waals surface area contributed by atoms with E-state index in [0.29, 0.717) is 0 Å². The Bertz CT molecular complexity index is 786. The Labute approximate surface area is 198 Å². The van der Waals surface area contributed by atoms with Gasteiger partial charge in [0, 0.05) is 39.3 Å². The van der Waals surface area contributed by atoms with Gasteiger partial charge >= 0.3 is 0 Å². The summed E-state index contributed by atoms with van der Waals surface area (Å²) in [5.74, 6) is 0. The van der Waals surface area contributed by atoms with Gasteiger partial charge in [-0.3, -0.25) is 9.80 Å². The molecule has 2 aromatic rings. The van der Waals surface area contributed by atoms with E-state index in [4.69, 9.17) is 0 Å². The van der Waals surface area contributed by atoms with Crippen molar-refractivity contribution >= 4 is 31.9 Å². The van der Waals surface area contributed by atoms with Gasteiger partial charge in [-0.2, -0.15) is 0 Å². The van der Waals surface area contributed by atoms with Gasteiger partial charge < -0.3 is 0 Å². The molecule has 30 heavy (non-hydrogen) atoms. The Morgan fingerprint density at radius 1 is 0.633 bits per heavy atom. The summed E-state index contributed by atoms with van der Waals surface area (Å²) in [6.07, 6.45) is 2.30. The molecule has 0 aliphatic carbocycles. The van der Waals surface area contributed by atoms with E-state index in [1.807, 2.05) is 0 Å². The van der Waals surface area contributed by atoms with E-state index in [-0.39, 0.29) is 0 Å². The second-order valence-electron chi connectivity index (χ2n) is 8.26. The molecule has 0 atom stereocenters. The predicted molar refractivity (Wildman–Crippen MR) is 136 cm³/mol. The minimum absolute atomic E-state index is 1.07. The monoisotopic (exact) mass is 530 g/mol. The van der Waals surface area contributed by atoms with Crippen LogP contribution >= 0.6 is 31.9 Å². The highest BCUT2D eigenvalue weighted by atomic mass is 79.9. The Kier molecular flexibility index (Phi) is 9.38. The van der Waals surface area contributed by atoms with Crippen molar-refractivity contribution in [3.05, 3.63) is 91.9 Å². The lowest BCUT2D eigenvalue weighted by Crippen LogP contribution is -2.29. The second-order valence-corrected chi connectivity index (χ2v) is 10.2. The highest BCUT2D eigenvalue weighted by Crippen LogP contribution is 2.24. The van der Waals surface area contributed by atoms with Crippen LogP contribution in [0.2, 0.25) is 0 Å². The van der Waals surface area contributed by atoms with Gasteiger partial charge in [-0.15, -0.1) is 0 Å². The van der Waals surface area contributed by atoms with Crippen LogP contribution in [0.15, 0.2) is 80.8 Å². The van der Waals surface area contributed by atoms with Gasteiger partial charge in [-0.1, -0.05) is 92.5 Å². The summed E-state index contributed by atoms with van der Waals surface area (Å²) in [6, 6.07) is 21.4. The first-order chi connectivity index (χ1) is 14.5. The number of nitrogens with zero attached hydrogens (tertiary/aromatic N) is 2. The molecule has 0 saturated carbocycles. The maximum absolute atomic E-state index is 3.62. The number of hydrogen-bond donors (Lipinski definition) is 0. The minimum atomic E-state index is 1.07. The first-order valence-corrected chi connectivity index (χ1v) is 12.3. The summed E-state index contributed by atoms with van der Waals surface area (Å²) in [4.78, 5) is 4.99. The van der Waals surface area contributed by atoms with E-state index >= 15 is 0 Å². The molecule has 0 fully saturated rings. The van der Waals surface area contributed by atoms with Crippen molar-refractivity contribution in [2.24, 2.45) is 0 Å². The fourth-order valence-corrected chi connectivity index (χ4v) is 4.50. The fourth-order valence-electron chi connectivity index (χ4n) is 3.89. The van der Waals surface area contributed by atoms with Crippen molar-refractivity contribution in [1.82, 2.24) is 9.80 Å². The van der Waals surface area contributed by atoms with Crippen molar-refractivity contribution < 1.29 is 0 Å². The minimum Gasteiger partial charge on any atom is -0.295 e. The molecule has 2 heterocycles. The van der Waals surface area contributed by atoms with Crippen LogP contribution in [-0.4, -0.2) is 36.0 Å². The number of halogens is 2. The topological polar surface area (TPSA) is 6.48 Å². The molecule has 160 valence electrons.